The van der Waals surface area contributed by atoms with Crippen molar-refractivity contribution in [1.82, 2.24) is 4.57 Å². The van der Waals surface area contributed by atoms with Gasteiger partial charge in [0.2, 0.25) is 5.91 Å². The number of hydrogen-bond acceptors (Lipinski definition) is 6. The van der Waals surface area contributed by atoms with E-state index < -0.39 is 11.9 Å². The van der Waals surface area contributed by atoms with Crippen molar-refractivity contribution in [3.8, 4) is 0 Å². The first-order chi connectivity index (χ1) is 13.2. The van der Waals surface area contributed by atoms with Crippen LogP contribution in [-0.2, 0) is 21.1 Å². The van der Waals surface area contributed by atoms with Crippen molar-refractivity contribution >= 4 is 34.8 Å². The number of ether oxygens (including phenoxy) is 1. The number of aromatic nitrogens is 1. The Hall–Kier alpha value is -2.78. The molecule has 0 aliphatic rings. The zero-order valence-corrected chi connectivity index (χ0v) is 16.9. The number of esters is 1. The minimum absolute atomic E-state index is 0.0651. The molecule has 0 saturated carbocycles. The molecule has 1 aromatic heterocycles. The second-order valence-electron chi connectivity index (χ2n) is 7.28. The molecule has 28 heavy (non-hydrogen) atoms. The lowest BCUT2D eigenvalue weighted by Gasteiger charge is -2.17. The number of nitrogens with two attached hydrogens (primary N) is 1. The SMILES string of the molecule is CC(C)(C)CC(=O)Nc1ccc(C(=O)N=c2sccn2COC(=O)CN)cc1. The number of carbonyl (C=O) groups excluding carboxylic acids is 3. The third-order valence-electron chi connectivity index (χ3n) is 3.49. The maximum absolute atomic E-state index is 12.4. The Kier molecular flexibility index (Phi) is 7.24. The number of nitrogens with zero attached hydrogens (tertiary/aromatic N) is 2. The molecule has 3 N–H and O–H groups in total. The predicted octanol–water partition coefficient (Wildman–Crippen LogP) is 2.12. The van der Waals surface area contributed by atoms with Crippen LogP contribution in [0.4, 0.5) is 5.69 Å². The average molecular weight is 404 g/mol. The van der Waals surface area contributed by atoms with Gasteiger partial charge in [-0.05, 0) is 29.7 Å². The molecule has 0 aliphatic carbocycles. The summed E-state index contributed by atoms with van der Waals surface area (Å²) in [4.78, 5) is 40.0. The van der Waals surface area contributed by atoms with E-state index in [1.165, 1.54) is 15.9 Å². The van der Waals surface area contributed by atoms with E-state index >= 15 is 0 Å². The first-order valence-corrected chi connectivity index (χ1v) is 9.54. The topological polar surface area (TPSA) is 116 Å². The van der Waals surface area contributed by atoms with Crippen LogP contribution >= 0.6 is 11.3 Å². The minimum atomic E-state index is -0.542. The summed E-state index contributed by atoms with van der Waals surface area (Å²) in [5, 5.41) is 4.54. The summed E-state index contributed by atoms with van der Waals surface area (Å²) in [6.07, 6.45) is 2.06. The van der Waals surface area contributed by atoms with E-state index in [1.54, 1.807) is 35.8 Å². The highest BCUT2D eigenvalue weighted by atomic mass is 32.1. The highest BCUT2D eigenvalue weighted by Crippen LogP contribution is 2.19. The molecule has 150 valence electrons. The van der Waals surface area contributed by atoms with Crippen LogP contribution in [0.2, 0.25) is 0 Å². The van der Waals surface area contributed by atoms with Crippen LogP contribution in [0.3, 0.4) is 0 Å². The van der Waals surface area contributed by atoms with Crippen LogP contribution in [0.15, 0.2) is 40.8 Å². The molecule has 2 amide bonds. The van der Waals surface area contributed by atoms with Crippen molar-refractivity contribution in [2.24, 2.45) is 16.1 Å². The highest BCUT2D eigenvalue weighted by molar-refractivity contribution is 7.07. The summed E-state index contributed by atoms with van der Waals surface area (Å²) in [6, 6.07) is 6.53. The Balaban J connectivity index is 2.06. The van der Waals surface area contributed by atoms with Crippen LogP contribution < -0.4 is 15.9 Å². The van der Waals surface area contributed by atoms with Crippen LogP contribution in [0.25, 0.3) is 0 Å². The Labute approximate surface area is 167 Å². The summed E-state index contributed by atoms with van der Waals surface area (Å²) in [5.41, 5.74) is 6.09. The summed E-state index contributed by atoms with van der Waals surface area (Å²) in [7, 11) is 0. The summed E-state index contributed by atoms with van der Waals surface area (Å²) >= 11 is 1.24. The van der Waals surface area contributed by atoms with Gasteiger partial charge in [-0.15, -0.1) is 11.3 Å². The molecule has 0 unspecified atom stereocenters. The Morgan fingerprint density at radius 2 is 1.89 bits per heavy atom. The smallest absolute Gasteiger partial charge is 0.321 e. The number of benzene rings is 1. The molecule has 0 atom stereocenters. The largest absolute Gasteiger partial charge is 0.443 e. The third kappa shape index (κ3) is 6.75. The molecule has 0 saturated heterocycles. The summed E-state index contributed by atoms with van der Waals surface area (Å²) in [6.45, 7) is 5.69. The van der Waals surface area contributed by atoms with Gasteiger partial charge in [-0.25, -0.2) is 0 Å². The van der Waals surface area contributed by atoms with Gasteiger partial charge in [0.25, 0.3) is 5.91 Å². The molecule has 8 nitrogen and oxygen atoms in total. The molecular weight excluding hydrogens is 380 g/mol. The van der Waals surface area contributed by atoms with Crippen molar-refractivity contribution in [2.45, 2.75) is 33.9 Å². The fourth-order valence-electron chi connectivity index (χ4n) is 2.22. The van der Waals surface area contributed by atoms with Gasteiger partial charge in [-0.2, -0.15) is 4.99 Å². The van der Waals surface area contributed by atoms with E-state index in [-0.39, 0.29) is 24.6 Å². The van der Waals surface area contributed by atoms with E-state index in [1.807, 2.05) is 20.8 Å². The van der Waals surface area contributed by atoms with Gasteiger partial charge in [0.15, 0.2) is 11.5 Å². The number of anilines is 1. The molecule has 0 aliphatic heterocycles. The number of thiazole rings is 1. The van der Waals surface area contributed by atoms with Crippen LogP contribution in [0.5, 0.6) is 0 Å². The quantitative estimate of drug-likeness (QED) is 0.716. The fourth-order valence-corrected chi connectivity index (χ4v) is 2.93. The van der Waals surface area contributed by atoms with E-state index in [9.17, 15) is 14.4 Å². The Morgan fingerprint density at radius 3 is 2.50 bits per heavy atom. The van der Waals surface area contributed by atoms with Gasteiger partial charge in [-0.1, -0.05) is 20.8 Å². The summed E-state index contributed by atoms with van der Waals surface area (Å²) < 4.78 is 6.48. The second-order valence-corrected chi connectivity index (χ2v) is 8.16. The second kappa shape index (κ2) is 9.43. The molecule has 9 heteroatoms. The zero-order chi connectivity index (χ0) is 20.7. The first kappa shape index (κ1) is 21.5. The Morgan fingerprint density at radius 1 is 1.21 bits per heavy atom. The van der Waals surface area contributed by atoms with Gasteiger partial charge in [0, 0.05) is 29.2 Å². The number of hydrogen-bond donors (Lipinski definition) is 2. The van der Waals surface area contributed by atoms with E-state index in [2.05, 4.69) is 10.3 Å². The van der Waals surface area contributed by atoms with Gasteiger partial charge < -0.3 is 15.8 Å². The van der Waals surface area contributed by atoms with Crippen molar-refractivity contribution < 1.29 is 19.1 Å². The first-order valence-electron chi connectivity index (χ1n) is 8.66. The number of rotatable bonds is 6. The van der Waals surface area contributed by atoms with Gasteiger partial charge in [0.1, 0.15) is 0 Å². The molecule has 0 bridgehead atoms. The lowest BCUT2D eigenvalue weighted by molar-refractivity contribution is -0.145. The van der Waals surface area contributed by atoms with E-state index in [0.717, 1.165) is 0 Å². The molecule has 0 fully saturated rings. The maximum atomic E-state index is 12.4. The highest BCUT2D eigenvalue weighted by Gasteiger charge is 2.16. The van der Waals surface area contributed by atoms with Crippen LogP contribution in [-0.4, -0.2) is 28.9 Å². The molecule has 0 spiro atoms. The van der Waals surface area contributed by atoms with E-state index in [4.69, 9.17) is 10.5 Å². The molecule has 2 rings (SSSR count). The molecule has 1 aromatic carbocycles. The number of carbonyl (C=O) groups is 3. The third-order valence-corrected chi connectivity index (χ3v) is 4.29. The predicted molar refractivity (Wildman–Crippen MR) is 106 cm³/mol. The lowest BCUT2D eigenvalue weighted by Crippen LogP contribution is -2.23. The lowest BCUT2D eigenvalue weighted by atomic mass is 9.92. The van der Waals surface area contributed by atoms with Crippen molar-refractivity contribution in [3.05, 3.63) is 46.2 Å². The average Bonchev–Trinajstić information content (AvgIpc) is 3.05. The maximum Gasteiger partial charge on any atom is 0.321 e. The zero-order valence-electron chi connectivity index (χ0n) is 16.1. The molecule has 0 radical (unpaired) electrons. The van der Waals surface area contributed by atoms with Crippen LogP contribution in [0, 0.1) is 5.41 Å². The van der Waals surface area contributed by atoms with Crippen molar-refractivity contribution in [2.75, 3.05) is 11.9 Å². The van der Waals surface area contributed by atoms with Crippen molar-refractivity contribution in [3.63, 3.8) is 0 Å². The van der Waals surface area contributed by atoms with Gasteiger partial charge in [-0.3, -0.25) is 19.0 Å². The number of amides is 2. The van der Waals surface area contributed by atoms with Gasteiger partial charge >= 0.3 is 5.97 Å². The molecular formula is C19H24N4O4S. The standard InChI is InChI=1S/C19H24N4O4S/c1-19(2,3)10-15(24)21-14-6-4-13(5-7-14)17(26)22-18-23(8-9-28-18)12-27-16(25)11-20/h4-9H,10-12,20H2,1-3H3,(H,21,24). The molecule has 2 aromatic rings. The molecule has 1 heterocycles. The summed E-state index contributed by atoms with van der Waals surface area (Å²) in [5.74, 6) is -1.06. The minimum Gasteiger partial charge on any atom is -0.443 e. The fraction of sp³-hybridized carbons (Fsp3) is 0.368. The number of nitrogens with one attached hydrogen (secondary N) is 1. The van der Waals surface area contributed by atoms with Gasteiger partial charge in [0.05, 0.1) is 6.54 Å². The van der Waals surface area contributed by atoms with E-state index in [0.29, 0.717) is 22.5 Å². The van der Waals surface area contributed by atoms with Crippen molar-refractivity contribution in [1.29, 1.82) is 0 Å². The van der Waals surface area contributed by atoms with Crippen LogP contribution in [0.1, 0.15) is 37.6 Å². The Bertz CT molecular complexity index is 907. The monoisotopic (exact) mass is 404 g/mol. The normalized spacial score (nSPS) is 11.9.